The number of aromatic amines is 1. The largest absolute Gasteiger partial charge is 0.508 e. The van der Waals surface area contributed by atoms with Crippen molar-refractivity contribution in [1.82, 2.24) is 15.3 Å². The monoisotopic (exact) mass is 357 g/mol. The molecule has 0 bridgehead atoms. The number of carbonyl (C=O) groups excluding carboxylic acids is 1. The van der Waals surface area contributed by atoms with Gasteiger partial charge in [-0.15, -0.1) is 0 Å². The van der Waals surface area contributed by atoms with Gasteiger partial charge in [0.15, 0.2) is 0 Å². The normalized spacial score (nSPS) is 11.7. The zero-order valence-corrected chi connectivity index (χ0v) is 15.1. The Labute approximate surface area is 151 Å². The maximum Gasteiger partial charge on any atom is 0.251 e. The predicted octanol–water partition coefficient (Wildman–Crippen LogP) is 4.15. The number of H-pyrrole nitrogens is 1. The lowest BCUT2D eigenvalue weighted by molar-refractivity contribution is 0.0951. The standard InChI is InChI=1S/C19H20ClN3O2/c1-19(2,3)18-22-14-6-4-11(9-15(14)23-18)17(25)21-10-12-8-13(20)5-7-16(12)24/h4-9,24H,10H2,1-3H3,(H,21,25)(H,22,23). The van der Waals surface area contributed by atoms with Crippen LogP contribution >= 0.6 is 11.6 Å². The fourth-order valence-electron chi connectivity index (χ4n) is 2.48. The van der Waals surface area contributed by atoms with Gasteiger partial charge in [-0.05, 0) is 36.4 Å². The molecular formula is C19H20ClN3O2. The molecule has 25 heavy (non-hydrogen) atoms. The van der Waals surface area contributed by atoms with E-state index in [1.54, 1.807) is 24.3 Å². The molecule has 0 fully saturated rings. The number of carbonyl (C=O) groups is 1. The third-order valence-electron chi connectivity index (χ3n) is 3.94. The van der Waals surface area contributed by atoms with Gasteiger partial charge in [-0.1, -0.05) is 32.4 Å². The second kappa shape index (κ2) is 6.41. The van der Waals surface area contributed by atoms with E-state index in [0.717, 1.165) is 16.9 Å². The molecular weight excluding hydrogens is 338 g/mol. The number of imidazole rings is 1. The number of nitrogens with one attached hydrogen (secondary N) is 2. The Morgan fingerprint density at radius 2 is 2.00 bits per heavy atom. The number of amides is 1. The van der Waals surface area contributed by atoms with Gasteiger partial charge in [0.1, 0.15) is 11.6 Å². The van der Waals surface area contributed by atoms with Crippen LogP contribution in [0.2, 0.25) is 5.02 Å². The SMILES string of the molecule is CC(C)(C)c1nc2cc(C(=O)NCc3cc(Cl)ccc3O)ccc2[nH]1. The Hall–Kier alpha value is -2.53. The smallest absolute Gasteiger partial charge is 0.251 e. The number of phenolic OH excluding ortho intramolecular Hbond substituents is 1. The highest BCUT2D eigenvalue weighted by Gasteiger charge is 2.18. The summed E-state index contributed by atoms with van der Waals surface area (Å²) < 4.78 is 0. The molecule has 0 spiro atoms. The summed E-state index contributed by atoms with van der Waals surface area (Å²) in [6, 6.07) is 10.1. The second-order valence-electron chi connectivity index (χ2n) is 7.02. The summed E-state index contributed by atoms with van der Waals surface area (Å²) in [5, 5.41) is 13.1. The van der Waals surface area contributed by atoms with E-state index in [1.807, 2.05) is 6.07 Å². The third kappa shape index (κ3) is 3.77. The number of hydrogen-bond donors (Lipinski definition) is 3. The van der Waals surface area contributed by atoms with Crippen LogP contribution in [-0.4, -0.2) is 21.0 Å². The van der Waals surface area contributed by atoms with Gasteiger partial charge in [-0.2, -0.15) is 0 Å². The van der Waals surface area contributed by atoms with Crippen LogP contribution in [0.15, 0.2) is 36.4 Å². The number of halogens is 1. The first kappa shape index (κ1) is 17.3. The maximum atomic E-state index is 12.4. The highest BCUT2D eigenvalue weighted by molar-refractivity contribution is 6.30. The summed E-state index contributed by atoms with van der Waals surface area (Å²) in [5.74, 6) is 0.743. The number of rotatable bonds is 3. The number of aromatic hydroxyl groups is 1. The van der Waals surface area contributed by atoms with E-state index >= 15 is 0 Å². The van der Waals surface area contributed by atoms with Crippen LogP contribution in [0.5, 0.6) is 5.75 Å². The average molecular weight is 358 g/mol. The van der Waals surface area contributed by atoms with Crippen LogP contribution < -0.4 is 5.32 Å². The van der Waals surface area contributed by atoms with Crippen LogP contribution in [0.3, 0.4) is 0 Å². The zero-order chi connectivity index (χ0) is 18.2. The molecule has 1 heterocycles. The fourth-order valence-corrected chi connectivity index (χ4v) is 2.67. The highest BCUT2D eigenvalue weighted by Crippen LogP contribution is 2.24. The van der Waals surface area contributed by atoms with Crippen molar-refractivity contribution in [2.45, 2.75) is 32.7 Å². The zero-order valence-electron chi connectivity index (χ0n) is 14.4. The summed E-state index contributed by atoms with van der Waals surface area (Å²) in [6.07, 6.45) is 0. The van der Waals surface area contributed by atoms with Gasteiger partial charge in [0.2, 0.25) is 0 Å². The van der Waals surface area contributed by atoms with Crippen molar-refractivity contribution in [3.8, 4) is 5.75 Å². The van der Waals surface area contributed by atoms with Crippen molar-refractivity contribution >= 4 is 28.5 Å². The summed E-state index contributed by atoms with van der Waals surface area (Å²) in [5.41, 5.74) is 2.64. The first-order valence-electron chi connectivity index (χ1n) is 8.00. The Bertz CT molecular complexity index is 941. The summed E-state index contributed by atoms with van der Waals surface area (Å²) in [6.45, 7) is 6.43. The minimum Gasteiger partial charge on any atom is -0.508 e. The summed E-state index contributed by atoms with van der Waals surface area (Å²) >= 11 is 5.92. The predicted molar refractivity (Wildman–Crippen MR) is 99.1 cm³/mol. The van der Waals surface area contributed by atoms with Gasteiger partial charge in [0.05, 0.1) is 11.0 Å². The number of benzene rings is 2. The minimum atomic E-state index is -0.235. The molecule has 0 atom stereocenters. The fraction of sp³-hybridized carbons (Fsp3) is 0.263. The number of aromatic nitrogens is 2. The van der Waals surface area contributed by atoms with E-state index < -0.39 is 0 Å². The van der Waals surface area contributed by atoms with Crippen LogP contribution in [0, 0.1) is 0 Å². The maximum absolute atomic E-state index is 12.4. The number of phenols is 1. The van der Waals surface area contributed by atoms with Gasteiger partial charge in [-0.25, -0.2) is 4.98 Å². The second-order valence-corrected chi connectivity index (χ2v) is 7.46. The first-order valence-corrected chi connectivity index (χ1v) is 8.38. The van der Waals surface area contributed by atoms with Crippen molar-refractivity contribution in [1.29, 1.82) is 0 Å². The quantitative estimate of drug-likeness (QED) is 0.659. The molecule has 3 N–H and O–H groups in total. The molecule has 0 unspecified atom stereocenters. The molecule has 3 rings (SSSR count). The van der Waals surface area contributed by atoms with Gasteiger partial charge in [0.25, 0.3) is 5.91 Å². The van der Waals surface area contributed by atoms with E-state index in [4.69, 9.17) is 11.6 Å². The van der Waals surface area contributed by atoms with E-state index in [9.17, 15) is 9.90 Å². The van der Waals surface area contributed by atoms with Crippen LogP contribution in [0.4, 0.5) is 0 Å². The van der Waals surface area contributed by atoms with Crippen molar-refractivity contribution < 1.29 is 9.90 Å². The van der Waals surface area contributed by atoms with Gasteiger partial charge in [0, 0.05) is 28.1 Å². The lowest BCUT2D eigenvalue weighted by atomic mass is 9.96. The summed E-state index contributed by atoms with van der Waals surface area (Å²) in [7, 11) is 0. The topological polar surface area (TPSA) is 78.0 Å². The van der Waals surface area contributed by atoms with Crippen molar-refractivity contribution in [2.24, 2.45) is 0 Å². The Morgan fingerprint density at radius 3 is 2.72 bits per heavy atom. The number of hydrogen-bond acceptors (Lipinski definition) is 3. The van der Waals surface area contributed by atoms with Gasteiger partial charge in [-0.3, -0.25) is 4.79 Å². The molecule has 0 saturated heterocycles. The molecule has 0 radical (unpaired) electrons. The van der Waals surface area contributed by atoms with Crippen molar-refractivity contribution in [2.75, 3.05) is 0 Å². The molecule has 2 aromatic carbocycles. The number of fused-ring (bicyclic) bond motifs is 1. The lowest BCUT2D eigenvalue weighted by Gasteiger charge is -2.13. The van der Waals surface area contributed by atoms with Gasteiger partial charge < -0.3 is 15.4 Å². The molecule has 6 heteroatoms. The van der Waals surface area contributed by atoms with E-state index in [2.05, 4.69) is 36.1 Å². The molecule has 0 aliphatic rings. The summed E-state index contributed by atoms with van der Waals surface area (Å²) in [4.78, 5) is 20.3. The van der Waals surface area contributed by atoms with E-state index in [-0.39, 0.29) is 23.6 Å². The van der Waals surface area contributed by atoms with Crippen molar-refractivity contribution in [3.05, 3.63) is 58.4 Å². The number of nitrogens with zero attached hydrogens (tertiary/aromatic N) is 1. The Kier molecular flexibility index (Phi) is 4.43. The Morgan fingerprint density at radius 1 is 1.24 bits per heavy atom. The first-order chi connectivity index (χ1) is 11.7. The minimum absolute atomic E-state index is 0.0917. The van der Waals surface area contributed by atoms with Crippen molar-refractivity contribution in [3.63, 3.8) is 0 Å². The molecule has 3 aromatic rings. The van der Waals surface area contributed by atoms with E-state index in [1.165, 1.54) is 6.07 Å². The molecule has 0 saturated carbocycles. The molecule has 130 valence electrons. The van der Waals surface area contributed by atoms with Crippen LogP contribution in [0.25, 0.3) is 11.0 Å². The van der Waals surface area contributed by atoms with E-state index in [0.29, 0.717) is 16.1 Å². The lowest BCUT2D eigenvalue weighted by Crippen LogP contribution is -2.22. The van der Waals surface area contributed by atoms with Crippen LogP contribution in [0.1, 0.15) is 42.5 Å². The third-order valence-corrected chi connectivity index (χ3v) is 4.17. The van der Waals surface area contributed by atoms with Gasteiger partial charge >= 0.3 is 0 Å². The molecule has 0 aliphatic heterocycles. The van der Waals surface area contributed by atoms with Crippen LogP contribution in [-0.2, 0) is 12.0 Å². The molecule has 1 aromatic heterocycles. The molecule has 5 nitrogen and oxygen atoms in total. The molecule has 1 amide bonds. The highest BCUT2D eigenvalue weighted by atomic mass is 35.5. The molecule has 0 aliphatic carbocycles. The average Bonchev–Trinajstić information content (AvgIpc) is 2.99. The Balaban J connectivity index is 1.79.